The second kappa shape index (κ2) is 3.19. The second-order valence-corrected chi connectivity index (χ2v) is 5.32. The lowest BCUT2D eigenvalue weighted by molar-refractivity contribution is -0.159. The Morgan fingerprint density at radius 1 is 1.00 bits per heavy atom. The van der Waals surface area contributed by atoms with Gasteiger partial charge in [0.1, 0.15) is 6.10 Å². The van der Waals surface area contributed by atoms with E-state index in [1.54, 1.807) is 0 Å². The van der Waals surface area contributed by atoms with Crippen molar-refractivity contribution in [3.8, 4) is 0 Å². The topological polar surface area (TPSA) is 27.7 Å². The van der Waals surface area contributed by atoms with Crippen LogP contribution in [0.3, 0.4) is 0 Å². The van der Waals surface area contributed by atoms with Crippen molar-refractivity contribution in [1.82, 2.24) is 0 Å². The highest BCUT2D eigenvalue weighted by molar-refractivity contribution is 4.88. The Kier molecular flexibility index (Phi) is 2.37. The summed E-state index contributed by atoms with van der Waals surface area (Å²) in [5, 5.41) is 0. The molecule has 0 radical (unpaired) electrons. The Balaban J connectivity index is 1.93. The average Bonchev–Trinajstić information content (AvgIpc) is 2.54. The highest BCUT2D eigenvalue weighted by atomic mass is 16.7. The predicted octanol–water partition coefficient (Wildman–Crippen LogP) is 2.10. The maximum absolute atomic E-state index is 5.92. The zero-order valence-corrected chi connectivity index (χ0v) is 9.50. The van der Waals surface area contributed by atoms with Crippen LogP contribution in [0, 0.1) is 0 Å². The van der Waals surface area contributed by atoms with Gasteiger partial charge in [0, 0.05) is 0 Å². The summed E-state index contributed by atoms with van der Waals surface area (Å²) in [5.74, 6) is -0.430. The zero-order valence-electron chi connectivity index (χ0n) is 9.50. The minimum Gasteiger partial charge on any atom is -0.370 e. The molecule has 2 saturated heterocycles. The molecule has 0 amide bonds. The lowest BCUT2D eigenvalue weighted by Gasteiger charge is -2.23. The molecule has 2 aliphatic rings. The minimum atomic E-state index is -0.430. The molecule has 2 rings (SSSR count). The molecule has 2 aliphatic heterocycles. The fraction of sp³-hybridized carbons (Fsp3) is 1.00. The van der Waals surface area contributed by atoms with E-state index in [0.717, 1.165) is 12.8 Å². The first-order valence-corrected chi connectivity index (χ1v) is 5.38. The molecule has 14 heavy (non-hydrogen) atoms. The minimum absolute atomic E-state index is 0.0146. The molecule has 2 fully saturated rings. The Morgan fingerprint density at radius 3 is 2.14 bits per heavy atom. The summed E-state index contributed by atoms with van der Waals surface area (Å²) >= 11 is 0. The lowest BCUT2D eigenvalue weighted by atomic mass is 10.0. The highest BCUT2D eigenvalue weighted by Crippen LogP contribution is 2.35. The zero-order chi connectivity index (χ0) is 10.4. The number of hydrogen-bond donors (Lipinski definition) is 0. The van der Waals surface area contributed by atoms with Gasteiger partial charge in [-0.2, -0.15) is 0 Å². The number of hydrogen-bond acceptors (Lipinski definition) is 3. The molecule has 0 N–H and O–H groups in total. The van der Waals surface area contributed by atoms with E-state index in [4.69, 9.17) is 14.2 Å². The summed E-state index contributed by atoms with van der Waals surface area (Å²) in [6, 6.07) is 0. The van der Waals surface area contributed by atoms with Gasteiger partial charge in [-0.25, -0.2) is 0 Å². The molecular formula is C11H20O3. The molecule has 0 aromatic heterocycles. The van der Waals surface area contributed by atoms with Crippen molar-refractivity contribution >= 4 is 0 Å². The van der Waals surface area contributed by atoms with Crippen LogP contribution in [0.15, 0.2) is 0 Å². The van der Waals surface area contributed by atoms with Gasteiger partial charge in [-0.3, -0.25) is 0 Å². The Morgan fingerprint density at radius 2 is 1.71 bits per heavy atom. The van der Waals surface area contributed by atoms with E-state index >= 15 is 0 Å². The third-order valence-electron chi connectivity index (χ3n) is 2.95. The maximum atomic E-state index is 5.92. The molecule has 2 atom stereocenters. The van der Waals surface area contributed by atoms with Gasteiger partial charge in [0.05, 0.1) is 18.3 Å². The van der Waals surface area contributed by atoms with Crippen molar-refractivity contribution in [3.05, 3.63) is 0 Å². The second-order valence-electron chi connectivity index (χ2n) is 5.32. The van der Waals surface area contributed by atoms with Gasteiger partial charge < -0.3 is 14.2 Å². The molecule has 3 heteroatoms. The molecule has 3 nitrogen and oxygen atoms in total. The molecule has 0 aromatic rings. The SMILES string of the molecule is CC1(C)CC[C@@H]([C@@H]2COC(C)(C)O2)O1. The van der Waals surface area contributed by atoms with Crippen LogP contribution < -0.4 is 0 Å². The normalized spacial score (nSPS) is 40.3. The molecule has 0 spiro atoms. The van der Waals surface area contributed by atoms with Crippen LogP contribution in [-0.4, -0.2) is 30.2 Å². The Bertz CT molecular complexity index is 199. The van der Waals surface area contributed by atoms with Crippen LogP contribution in [-0.2, 0) is 14.2 Å². The monoisotopic (exact) mass is 200 g/mol. The van der Waals surface area contributed by atoms with Crippen LogP contribution in [0.4, 0.5) is 0 Å². The molecule has 0 bridgehead atoms. The van der Waals surface area contributed by atoms with Crippen molar-refractivity contribution < 1.29 is 14.2 Å². The third-order valence-corrected chi connectivity index (χ3v) is 2.95. The van der Waals surface area contributed by atoms with Gasteiger partial charge in [0.25, 0.3) is 0 Å². The first kappa shape index (κ1) is 10.4. The van der Waals surface area contributed by atoms with E-state index in [2.05, 4.69) is 13.8 Å². The first-order valence-electron chi connectivity index (χ1n) is 5.38. The van der Waals surface area contributed by atoms with Crippen molar-refractivity contribution in [2.75, 3.05) is 6.61 Å². The van der Waals surface area contributed by atoms with Crippen LogP contribution >= 0.6 is 0 Å². The molecule has 82 valence electrons. The van der Waals surface area contributed by atoms with Gasteiger partial charge in [-0.05, 0) is 40.5 Å². The van der Waals surface area contributed by atoms with Crippen LogP contribution in [0.5, 0.6) is 0 Å². The van der Waals surface area contributed by atoms with Crippen molar-refractivity contribution in [2.24, 2.45) is 0 Å². The summed E-state index contributed by atoms with van der Waals surface area (Å²) in [4.78, 5) is 0. The molecule has 0 saturated carbocycles. The number of ether oxygens (including phenoxy) is 3. The van der Waals surface area contributed by atoms with E-state index in [9.17, 15) is 0 Å². The molecule has 2 heterocycles. The van der Waals surface area contributed by atoms with Crippen molar-refractivity contribution in [1.29, 1.82) is 0 Å². The van der Waals surface area contributed by atoms with Crippen LogP contribution in [0.1, 0.15) is 40.5 Å². The predicted molar refractivity (Wildman–Crippen MR) is 53.1 cm³/mol. The third kappa shape index (κ3) is 2.10. The molecular weight excluding hydrogens is 180 g/mol. The van der Waals surface area contributed by atoms with E-state index < -0.39 is 5.79 Å². The summed E-state index contributed by atoms with van der Waals surface area (Å²) in [5.41, 5.74) is 0.0146. The van der Waals surface area contributed by atoms with Crippen molar-refractivity contribution in [3.63, 3.8) is 0 Å². The lowest BCUT2D eigenvalue weighted by Crippen LogP contribution is -2.32. The Labute approximate surface area is 85.7 Å². The highest BCUT2D eigenvalue weighted by Gasteiger charge is 2.43. The van der Waals surface area contributed by atoms with Gasteiger partial charge in [-0.1, -0.05) is 0 Å². The standard InChI is InChI=1S/C11H20O3/c1-10(2)6-5-8(13-10)9-7-12-11(3,4)14-9/h8-9H,5-7H2,1-4H3/t8-,9-/m0/s1. The summed E-state index contributed by atoms with van der Waals surface area (Å²) in [6.45, 7) is 8.83. The molecule has 0 unspecified atom stereocenters. The summed E-state index contributed by atoms with van der Waals surface area (Å²) in [6.07, 6.45) is 2.52. The van der Waals surface area contributed by atoms with Gasteiger partial charge in [0.2, 0.25) is 0 Å². The molecule has 0 aromatic carbocycles. The fourth-order valence-electron chi connectivity index (χ4n) is 2.18. The van der Waals surface area contributed by atoms with Gasteiger partial charge in [-0.15, -0.1) is 0 Å². The maximum Gasteiger partial charge on any atom is 0.163 e. The summed E-state index contributed by atoms with van der Waals surface area (Å²) < 4.78 is 17.2. The number of rotatable bonds is 1. The quantitative estimate of drug-likeness (QED) is 0.648. The van der Waals surface area contributed by atoms with Gasteiger partial charge >= 0.3 is 0 Å². The smallest absolute Gasteiger partial charge is 0.163 e. The molecule has 0 aliphatic carbocycles. The van der Waals surface area contributed by atoms with E-state index in [0.29, 0.717) is 6.61 Å². The fourth-order valence-corrected chi connectivity index (χ4v) is 2.18. The summed E-state index contributed by atoms with van der Waals surface area (Å²) in [7, 11) is 0. The average molecular weight is 200 g/mol. The first-order chi connectivity index (χ1) is 6.38. The van der Waals surface area contributed by atoms with Gasteiger partial charge in [0.15, 0.2) is 5.79 Å². The van der Waals surface area contributed by atoms with Crippen LogP contribution in [0.2, 0.25) is 0 Å². The van der Waals surface area contributed by atoms with Crippen LogP contribution in [0.25, 0.3) is 0 Å². The Hall–Kier alpha value is -0.120. The van der Waals surface area contributed by atoms with E-state index in [-0.39, 0.29) is 17.8 Å². The van der Waals surface area contributed by atoms with E-state index in [1.165, 1.54) is 0 Å². The van der Waals surface area contributed by atoms with E-state index in [1.807, 2.05) is 13.8 Å². The largest absolute Gasteiger partial charge is 0.370 e. The van der Waals surface area contributed by atoms with Crippen molar-refractivity contribution in [2.45, 2.75) is 64.1 Å².